The molecule has 4 unspecified atom stereocenters. The summed E-state index contributed by atoms with van der Waals surface area (Å²) < 4.78 is 0. The maximum atomic E-state index is 14.3. The van der Waals surface area contributed by atoms with Gasteiger partial charge in [-0.25, -0.2) is 4.98 Å². The van der Waals surface area contributed by atoms with E-state index in [1.54, 1.807) is 24.5 Å². The van der Waals surface area contributed by atoms with E-state index in [-0.39, 0.29) is 37.0 Å². The Morgan fingerprint density at radius 3 is 2.13 bits per heavy atom. The van der Waals surface area contributed by atoms with Gasteiger partial charge in [0.2, 0.25) is 23.6 Å². The van der Waals surface area contributed by atoms with Gasteiger partial charge in [-0.2, -0.15) is 0 Å². The third-order valence-corrected chi connectivity index (χ3v) is 11.0. The highest BCUT2D eigenvalue weighted by Gasteiger charge is 2.34. The zero-order chi connectivity index (χ0) is 37.5. The molecule has 1 aliphatic carbocycles. The van der Waals surface area contributed by atoms with Gasteiger partial charge >= 0.3 is 0 Å². The molecule has 52 heavy (non-hydrogen) atoms. The lowest BCUT2D eigenvalue weighted by Crippen LogP contribution is -2.55. The van der Waals surface area contributed by atoms with Crippen molar-refractivity contribution in [3.63, 3.8) is 0 Å². The molecule has 1 saturated carbocycles. The average molecular weight is 732 g/mol. The van der Waals surface area contributed by atoms with E-state index in [1.165, 1.54) is 17.8 Å². The van der Waals surface area contributed by atoms with E-state index in [9.17, 15) is 24.3 Å². The minimum absolute atomic E-state index is 0.00618. The molecular weight excluding hydrogens is 675 g/mol. The Kier molecular flexibility index (Phi) is 16.3. The number of hydrogen-bond donors (Lipinski definition) is 4. The topological polar surface area (TPSA) is 141 Å². The average Bonchev–Trinajstić information content (AvgIpc) is 3.67. The maximum Gasteiger partial charge on any atom is 0.243 e. The molecule has 1 aromatic heterocycles. The fourth-order valence-electron chi connectivity index (χ4n) is 7.18. The molecule has 10 nitrogen and oxygen atoms in total. The third-order valence-electron chi connectivity index (χ3n) is 10.3. The Hall–Kier alpha value is -4.09. The third kappa shape index (κ3) is 12.8. The van der Waals surface area contributed by atoms with Gasteiger partial charge in [0.05, 0.1) is 29.3 Å². The van der Waals surface area contributed by atoms with Gasteiger partial charge < -0.3 is 26.0 Å². The lowest BCUT2D eigenvalue weighted by molar-refractivity contribution is -0.137. The first kappa shape index (κ1) is 40.7. The molecule has 0 radical (unpaired) electrons. The zero-order valence-electron chi connectivity index (χ0n) is 31.1. The van der Waals surface area contributed by atoms with Crippen molar-refractivity contribution in [2.45, 2.75) is 103 Å². The van der Waals surface area contributed by atoms with Crippen molar-refractivity contribution in [1.82, 2.24) is 25.8 Å². The first-order valence-electron chi connectivity index (χ1n) is 18.7. The number of aliphatic hydroxyl groups excluding tert-OH is 1. The number of rotatable bonds is 19. The van der Waals surface area contributed by atoms with Crippen LogP contribution in [0.2, 0.25) is 0 Å². The number of nitrogens with zero attached hydrogens (tertiary/aromatic N) is 2. The molecule has 0 saturated heterocycles. The molecule has 2 aromatic carbocycles. The van der Waals surface area contributed by atoms with Crippen LogP contribution in [0.1, 0.15) is 82.0 Å². The maximum absolute atomic E-state index is 14.3. The number of carbonyl (C=O) groups is 4. The Balaban J connectivity index is 1.55. The summed E-state index contributed by atoms with van der Waals surface area (Å²) in [6.07, 6.45) is 5.71. The molecule has 4 N–H and O–H groups in total. The van der Waals surface area contributed by atoms with Crippen LogP contribution in [-0.2, 0) is 38.6 Å². The molecule has 1 heterocycles. The summed E-state index contributed by atoms with van der Waals surface area (Å²) in [5, 5.41) is 22.3. The van der Waals surface area contributed by atoms with E-state index in [0.29, 0.717) is 31.0 Å². The second kappa shape index (κ2) is 20.8. The van der Waals surface area contributed by atoms with Crippen molar-refractivity contribution >= 4 is 35.0 Å². The Morgan fingerprint density at radius 1 is 0.885 bits per heavy atom. The van der Waals surface area contributed by atoms with Crippen LogP contribution in [0.15, 0.2) is 71.6 Å². The second-order valence-electron chi connectivity index (χ2n) is 14.7. The van der Waals surface area contributed by atoms with Crippen molar-refractivity contribution < 1.29 is 24.3 Å². The standard InChI is InChI=1S/C41H57N5O5S/c1-28(2)34(40(50)42-3)24-37(47)35(21-30-16-10-6-11-17-30)44-41(51)36(23-33-26-52-27-43-33)45-39(49)32(20-29-14-8-5-9-15-29)22-38(48)46(4)25-31-18-12-7-13-19-31/h5,7-9,12-15,18-19,26-28,30,32,34-37,47H,6,10-11,16-17,20-25H2,1-4H3,(H,42,50)(H,44,51)(H,45,49)/t32?,34?,35?,36-,37?/m0/s1. The summed E-state index contributed by atoms with van der Waals surface area (Å²) in [4.78, 5) is 60.8. The lowest BCUT2D eigenvalue weighted by atomic mass is 9.81. The van der Waals surface area contributed by atoms with Crippen molar-refractivity contribution in [2.24, 2.45) is 23.7 Å². The fourth-order valence-corrected chi connectivity index (χ4v) is 7.76. The Bertz CT molecular complexity index is 1530. The van der Waals surface area contributed by atoms with E-state index in [4.69, 9.17) is 0 Å². The summed E-state index contributed by atoms with van der Waals surface area (Å²) in [5.74, 6) is -1.96. The van der Waals surface area contributed by atoms with Gasteiger partial charge in [0.15, 0.2) is 0 Å². The normalized spacial score (nSPS) is 16.3. The number of thiazole rings is 1. The second-order valence-corrected chi connectivity index (χ2v) is 15.4. The van der Waals surface area contributed by atoms with Crippen molar-refractivity contribution in [2.75, 3.05) is 14.1 Å². The summed E-state index contributed by atoms with van der Waals surface area (Å²) in [7, 11) is 3.33. The van der Waals surface area contributed by atoms with Gasteiger partial charge in [0, 0.05) is 44.8 Å². The SMILES string of the molecule is CNC(=O)C(CC(O)C(CC1CCCCC1)NC(=O)[C@H](Cc1cscn1)NC(=O)C(CC(=O)N(C)Cc1ccccc1)Cc1ccccc1)C(C)C. The van der Waals surface area contributed by atoms with Crippen molar-refractivity contribution in [1.29, 1.82) is 0 Å². The molecule has 0 aliphatic heterocycles. The minimum atomic E-state index is -0.995. The Morgan fingerprint density at radius 2 is 1.54 bits per heavy atom. The molecule has 0 bridgehead atoms. The van der Waals surface area contributed by atoms with E-state index in [0.717, 1.165) is 36.8 Å². The van der Waals surface area contributed by atoms with Crippen LogP contribution in [0.25, 0.3) is 0 Å². The number of amides is 4. The highest BCUT2D eigenvalue weighted by molar-refractivity contribution is 7.07. The van der Waals surface area contributed by atoms with Crippen molar-refractivity contribution in [3.8, 4) is 0 Å². The number of aromatic nitrogens is 1. The zero-order valence-corrected chi connectivity index (χ0v) is 31.9. The molecular formula is C41H57N5O5S. The molecule has 5 atom stereocenters. The van der Waals surface area contributed by atoms with E-state index in [1.807, 2.05) is 79.9 Å². The van der Waals surface area contributed by atoms with Crippen molar-refractivity contribution in [3.05, 3.63) is 88.4 Å². The highest BCUT2D eigenvalue weighted by atomic mass is 32.1. The fraction of sp³-hybridized carbons (Fsp3) is 0.537. The first-order chi connectivity index (χ1) is 25.0. The molecule has 11 heteroatoms. The Labute approximate surface area is 313 Å². The van der Waals surface area contributed by atoms with Gasteiger partial charge in [-0.1, -0.05) is 107 Å². The largest absolute Gasteiger partial charge is 0.391 e. The number of benzene rings is 2. The smallest absolute Gasteiger partial charge is 0.243 e. The van der Waals surface area contributed by atoms with Crippen LogP contribution in [0.4, 0.5) is 0 Å². The predicted octanol–water partition coefficient (Wildman–Crippen LogP) is 5.30. The number of aliphatic hydroxyl groups is 1. The molecule has 282 valence electrons. The first-order valence-corrected chi connectivity index (χ1v) is 19.7. The quantitative estimate of drug-likeness (QED) is 0.132. The van der Waals surface area contributed by atoms with E-state index < -0.39 is 41.8 Å². The van der Waals surface area contributed by atoms with Gasteiger partial charge in [-0.05, 0) is 42.2 Å². The summed E-state index contributed by atoms with van der Waals surface area (Å²) in [6, 6.07) is 17.7. The molecule has 0 spiro atoms. The van der Waals surface area contributed by atoms with Gasteiger partial charge in [-0.3, -0.25) is 19.2 Å². The van der Waals surface area contributed by atoms with E-state index in [2.05, 4.69) is 20.9 Å². The van der Waals surface area contributed by atoms with Crippen LogP contribution < -0.4 is 16.0 Å². The van der Waals surface area contributed by atoms with Gasteiger partial charge in [-0.15, -0.1) is 11.3 Å². The molecule has 4 amide bonds. The summed E-state index contributed by atoms with van der Waals surface area (Å²) in [6.45, 7) is 4.32. The molecule has 3 aromatic rings. The number of carbonyl (C=O) groups excluding carboxylic acids is 4. The van der Waals surface area contributed by atoms with Gasteiger partial charge in [0.1, 0.15) is 6.04 Å². The van der Waals surface area contributed by atoms with Crippen LogP contribution in [0.5, 0.6) is 0 Å². The van der Waals surface area contributed by atoms with Crippen LogP contribution in [0, 0.1) is 23.7 Å². The lowest BCUT2D eigenvalue weighted by Gasteiger charge is -2.33. The number of nitrogens with one attached hydrogen (secondary N) is 3. The van der Waals surface area contributed by atoms with Crippen LogP contribution in [0.3, 0.4) is 0 Å². The van der Waals surface area contributed by atoms with Crippen LogP contribution in [-0.4, -0.2) is 70.9 Å². The van der Waals surface area contributed by atoms with Crippen LogP contribution >= 0.6 is 11.3 Å². The van der Waals surface area contributed by atoms with Gasteiger partial charge in [0.25, 0.3) is 0 Å². The summed E-state index contributed by atoms with van der Waals surface area (Å²) in [5.41, 5.74) is 4.25. The minimum Gasteiger partial charge on any atom is -0.391 e. The number of hydrogen-bond acceptors (Lipinski definition) is 7. The molecule has 4 rings (SSSR count). The predicted molar refractivity (Wildman–Crippen MR) is 205 cm³/mol. The highest BCUT2D eigenvalue weighted by Crippen LogP contribution is 2.30. The summed E-state index contributed by atoms with van der Waals surface area (Å²) >= 11 is 1.41. The molecule has 1 aliphatic rings. The van der Waals surface area contributed by atoms with E-state index >= 15 is 0 Å². The monoisotopic (exact) mass is 731 g/mol. The molecule has 1 fully saturated rings.